The van der Waals surface area contributed by atoms with E-state index in [1.807, 2.05) is 60.7 Å². The van der Waals surface area contributed by atoms with E-state index in [-0.39, 0.29) is 13.2 Å². The smallest absolute Gasteiger partial charge is 0.339 e. The van der Waals surface area contributed by atoms with Gasteiger partial charge in [0.15, 0.2) is 0 Å². The van der Waals surface area contributed by atoms with Gasteiger partial charge in [-0.05, 0) is 48.5 Å². The number of para-hydroxylation sites is 1. The summed E-state index contributed by atoms with van der Waals surface area (Å²) in [7, 11) is 0. The fourth-order valence-corrected chi connectivity index (χ4v) is 4.09. The molecule has 0 saturated heterocycles. The van der Waals surface area contributed by atoms with Crippen molar-refractivity contribution in [3.63, 3.8) is 0 Å². The first-order valence-electron chi connectivity index (χ1n) is 8.81. The van der Waals surface area contributed by atoms with Gasteiger partial charge in [0, 0.05) is 9.86 Å². The number of fused-ring (bicyclic) bond motifs is 1. The van der Waals surface area contributed by atoms with Gasteiger partial charge in [-0.2, -0.15) is 0 Å². The maximum Gasteiger partial charge on any atom is 0.339 e. The Morgan fingerprint density at radius 3 is 2.59 bits per heavy atom. The van der Waals surface area contributed by atoms with Crippen LogP contribution in [0.15, 0.2) is 71.2 Å². The molecule has 0 aliphatic carbocycles. The van der Waals surface area contributed by atoms with E-state index in [1.54, 1.807) is 6.07 Å². The monoisotopic (exact) mass is 487 g/mol. The summed E-state index contributed by atoms with van der Waals surface area (Å²) in [4.78, 5) is 18.3. The van der Waals surface area contributed by atoms with Crippen LogP contribution in [0.4, 0.5) is 0 Å². The van der Waals surface area contributed by atoms with Gasteiger partial charge in [0.05, 0.1) is 26.0 Å². The minimum atomic E-state index is -0.410. The minimum absolute atomic E-state index is 0.145. The SMILES string of the molecule is O=C(OCCOc1ccc(Br)cc1)c1cc(-c2ccc(Cl)s2)nc2ccccc12. The quantitative estimate of drug-likeness (QED) is 0.226. The number of pyridine rings is 1. The molecule has 0 aliphatic rings. The number of esters is 1. The number of rotatable bonds is 6. The second kappa shape index (κ2) is 8.95. The third-order valence-corrected chi connectivity index (χ3v) is 5.94. The van der Waals surface area contributed by atoms with Crippen molar-refractivity contribution in [3.8, 4) is 16.3 Å². The Morgan fingerprint density at radius 1 is 1.03 bits per heavy atom. The third kappa shape index (κ3) is 4.78. The molecular formula is C22H15BrClNO3S. The van der Waals surface area contributed by atoms with Crippen molar-refractivity contribution >= 4 is 55.7 Å². The Bertz CT molecular complexity index is 1160. The summed E-state index contributed by atoms with van der Waals surface area (Å²) in [6, 6.07) is 20.4. The molecule has 2 aromatic carbocycles. The highest BCUT2D eigenvalue weighted by molar-refractivity contribution is 9.10. The molecule has 0 amide bonds. The Kier molecular flexibility index (Phi) is 6.13. The first-order valence-corrected chi connectivity index (χ1v) is 10.8. The van der Waals surface area contributed by atoms with Crippen molar-refractivity contribution < 1.29 is 14.3 Å². The molecule has 0 spiro atoms. The molecule has 4 nitrogen and oxygen atoms in total. The molecule has 0 radical (unpaired) electrons. The zero-order valence-electron chi connectivity index (χ0n) is 15.1. The molecule has 2 aromatic heterocycles. The molecule has 4 rings (SSSR count). The fraction of sp³-hybridized carbons (Fsp3) is 0.0909. The number of benzene rings is 2. The van der Waals surface area contributed by atoms with Gasteiger partial charge in [0.1, 0.15) is 19.0 Å². The molecule has 0 aliphatic heterocycles. The van der Waals surface area contributed by atoms with Crippen molar-refractivity contribution in [2.45, 2.75) is 0 Å². The van der Waals surface area contributed by atoms with Crippen LogP contribution in [0.3, 0.4) is 0 Å². The molecule has 0 atom stereocenters. The van der Waals surface area contributed by atoms with E-state index >= 15 is 0 Å². The van der Waals surface area contributed by atoms with Crippen LogP contribution in [0.2, 0.25) is 4.34 Å². The molecule has 0 unspecified atom stereocenters. The highest BCUT2D eigenvalue weighted by atomic mass is 79.9. The largest absolute Gasteiger partial charge is 0.490 e. The predicted molar refractivity (Wildman–Crippen MR) is 120 cm³/mol. The standard InChI is InChI=1S/C22H15BrClNO3S/c23-14-5-7-15(8-6-14)27-11-12-28-22(26)17-13-19(20-9-10-21(24)29-20)25-18-4-2-1-3-16(17)18/h1-10,13H,11-12H2. The van der Waals surface area contributed by atoms with Gasteiger partial charge in [-0.25, -0.2) is 9.78 Å². The number of thiophene rings is 1. The van der Waals surface area contributed by atoms with E-state index in [4.69, 9.17) is 21.1 Å². The van der Waals surface area contributed by atoms with Crippen LogP contribution in [-0.4, -0.2) is 24.2 Å². The fourth-order valence-electron chi connectivity index (χ4n) is 2.82. The third-order valence-electron chi connectivity index (χ3n) is 4.16. The van der Waals surface area contributed by atoms with Gasteiger partial charge in [-0.15, -0.1) is 11.3 Å². The number of aromatic nitrogens is 1. The first-order chi connectivity index (χ1) is 14.1. The summed E-state index contributed by atoms with van der Waals surface area (Å²) in [5, 5.41) is 0.748. The molecule has 2 heterocycles. The van der Waals surface area contributed by atoms with Gasteiger partial charge >= 0.3 is 5.97 Å². The molecule has 7 heteroatoms. The molecule has 0 saturated carbocycles. The Morgan fingerprint density at radius 2 is 1.83 bits per heavy atom. The Balaban J connectivity index is 1.51. The van der Waals surface area contributed by atoms with E-state index in [2.05, 4.69) is 20.9 Å². The molecular weight excluding hydrogens is 474 g/mol. The molecule has 29 heavy (non-hydrogen) atoms. The van der Waals surface area contributed by atoms with Gasteiger partial charge in [-0.3, -0.25) is 0 Å². The number of carbonyl (C=O) groups excluding carboxylic acids is 1. The summed E-state index contributed by atoms with van der Waals surface area (Å²) in [6.07, 6.45) is 0. The van der Waals surface area contributed by atoms with Crippen molar-refractivity contribution in [2.75, 3.05) is 13.2 Å². The van der Waals surface area contributed by atoms with Crippen LogP contribution in [0.1, 0.15) is 10.4 Å². The summed E-state index contributed by atoms with van der Waals surface area (Å²) >= 11 is 10.9. The van der Waals surface area contributed by atoms with E-state index in [0.29, 0.717) is 15.6 Å². The number of hydrogen-bond acceptors (Lipinski definition) is 5. The number of ether oxygens (including phenoxy) is 2. The molecule has 0 fully saturated rings. The molecule has 0 N–H and O–H groups in total. The topological polar surface area (TPSA) is 48.4 Å². The highest BCUT2D eigenvalue weighted by Gasteiger charge is 2.16. The van der Waals surface area contributed by atoms with Crippen molar-refractivity contribution in [1.29, 1.82) is 0 Å². The van der Waals surface area contributed by atoms with Gasteiger partial charge in [-0.1, -0.05) is 45.7 Å². The second-order valence-corrected chi connectivity index (χ2v) is 8.75. The van der Waals surface area contributed by atoms with Crippen molar-refractivity contribution in [2.24, 2.45) is 0 Å². The molecule has 0 bridgehead atoms. The zero-order valence-corrected chi connectivity index (χ0v) is 18.3. The summed E-state index contributed by atoms with van der Waals surface area (Å²) in [5.41, 5.74) is 1.89. The average molecular weight is 489 g/mol. The van der Waals surface area contributed by atoms with E-state index in [1.165, 1.54) is 11.3 Å². The van der Waals surface area contributed by atoms with Gasteiger partial charge in [0.25, 0.3) is 0 Å². The van der Waals surface area contributed by atoms with E-state index in [0.717, 1.165) is 26.0 Å². The second-order valence-electron chi connectivity index (χ2n) is 6.11. The van der Waals surface area contributed by atoms with E-state index in [9.17, 15) is 4.79 Å². The first kappa shape index (κ1) is 19.9. The zero-order chi connectivity index (χ0) is 20.2. The van der Waals surface area contributed by atoms with Crippen LogP contribution < -0.4 is 4.74 Å². The average Bonchev–Trinajstić information content (AvgIpc) is 3.18. The summed E-state index contributed by atoms with van der Waals surface area (Å²) in [6.45, 7) is 0.412. The van der Waals surface area contributed by atoms with E-state index < -0.39 is 5.97 Å². The number of hydrogen-bond donors (Lipinski definition) is 0. The lowest BCUT2D eigenvalue weighted by molar-refractivity contribution is 0.0452. The summed E-state index contributed by atoms with van der Waals surface area (Å²) < 4.78 is 12.7. The summed E-state index contributed by atoms with van der Waals surface area (Å²) in [5.74, 6) is 0.308. The van der Waals surface area contributed by atoms with Crippen LogP contribution in [0, 0.1) is 0 Å². The van der Waals surface area contributed by atoms with Crippen LogP contribution in [-0.2, 0) is 4.74 Å². The van der Waals surface area contributed by atoms with Crippen LogP contribution >= 0.6 is 38.9 Å². The Hall–Kier alpha value is -2.41. The minimum Gasteiger partial charge on any atom is -0.490 e. The van der Waals surface area contributed by atoms with Crippen LogP contribution in [0.5, 0.6) is 5.75 Å². The maximum absolute atomic E-state index is 12.8. The van der Waals surface area contributed by atoms with Gasteiger partial charge in [0.2, 0.25) is 0 Å². The predicted octanol–water partition coefficient (Wildman–Crippen LogP) is 6.62. The lowest BCUT2D eigenvalue weighted by Crippen LogP contribution is -2.13. The Labute approximate surface area is 185 Å². The number of carbonyl (C=O) groups is 1. The highest BCUT2D eigenvalue weighted by Crippen LogP contribution is 2.32. The normalized spacial score (nSPS) is 10.8. The van der Waals surface area contributed by atoms with Gasteiger partial charge < -0.3 is 9.47 Å². The number of nitrogens with zero attached hydrogens (tertiary/aromatic N) is 1. The van der Waals surface area contributed by atoms with Crippen molar-refractivity contribution in [1.82, 2.24) is 4.98 Å². The molecule has 4 aromatic rings. The van der Waals surface area contributed by atoms with Crippen LogP contribution in [0.25, 0.3) is 21.5 Å². The van der Waals surface area contributed by atoms with Crippen molar-refractivity contribution in [3.05, 3.63) is 81.1 Å². The molecule has 146 valence electrons. The maximum atomic E-state index is 12.8. The lowest BCUT2D eigenvalue weighted by atomic mass is 10.1. The number of halogens is 2. The lowest BCUT2D eigenvalue weighted by Gasteiger charge is -2.10.